The highest BCUT2D eigenvalue weighted by atomic mass is 32.1. The third kappa shape index (κ3) is 2.49. The number of nitrogens with zero attached hydrogens (tertiary/aromatic N) is 1. The molecule has 24 heavy (non-hydrogen) atoms. The molecule has 1 amide bonds. The average molecular weight is 336 g/mol. The van der Waals surface area contributed by atoms with Crippen molar-refractivity contribution < 1.29 is 9.21 Å². The van der Waals surface area contributed by atoms with Crippen molar-refractivity contribution in [1.29, 1.82) is 5.26 Å². The molecule has 0 saturated heterocycles. The highest BCUT2D eigenvalue weighted by Crippen LogP contribution is 2.39. The van der Waals surface area contributed by atoms with Crippen LogP contribution in [0.15, 0.2) is 34.7 Å². The second kappa shape index (κ2) is 5.81. The van der Waals surface area contributed by atoms with Gasteiger partial charge in [-0.2, -0.15) is 5.26 Å². The molecule has 2 heterocycles. The summed E-state index contributed by atoms with van der Waals surface area (Å²) in [6.45, 7) is 2.22. The Morgan fingerprint density at radius 1 is 1.42 bits per heavy atom. The van der Waals surface area contributed by atoms with Gasteiger partial charge in [0.15, 0.2) is 5.76 Å². The van der Waals surface area contributed by atoms with Gasteiger partial charge in [0.1, 0.15) is 16.7 Å². The smallest absolute Gasteiger partial charge is 0.292 e. The first-order valence-electron chi connectivity index (χ1n) is 8.00. The van der Waals surface area contributed by atoms with Crippen LogP contribution in [0.3, 0.4) is 0 Å². The third-order valence-electron chi connectivity index (χ3n) is 4.50. The number of amides is 1. The summed E-state index contributed by atoms with van der Waals surface area (Å²) in [6.07, 6.45) is 2.99. The minimum atomic E-state index is -0.311. The molecule has 1 aliphatic carbocycles. The van der Waals surface area contributed by atoms with Crippen LogP contribution in [0.4, 0.5) is 5.00 Å². The lowest BCUT2D eigenvalue weighted by Crippen LogP contribution is -2.11. The minimum Gasteiger partial charge on any atom is -0.451 e. The van der Waals surface area contributed by atoms with E-state index in [0.29, 0.717) is 22.1 Å². The van der Waals surface area contributed by atoms with E-state index in [9.17, 15) is 10.1 Å². The number of hydrogen-bond acceptors (Lipinski definition) is 4. The van der Waals surface area contributed by atoms with E-state index in [1.165, 1.54) is 16.2 Å². The summed E-state index contributed by atoms with van der Waals surface area (Å²) in [5.41, 5.74) is 2.41. The van der Waals surface area contributed by atoms with E-state index in [4.69, 9.17) is 4.42 Å². The van der Waals surface area contributed by atoms with E-state index < -0.39 is 0 Å². The number of nitriles is 1. The number of carbonyl (C=O) groups is 1. The molecule has 4 nitrogen and oxygen atoms in total. The van der Waals surface area contributed by atoms with Crippen molar-refractivity contribution in [3.05, 3.63) is 52.1 Å². The second-order valence-corrected chi connectivity index (χ2v) is 7.38. The van der Waals surface area contributed by atoms with Crippen LogP contribution in [-0.2, 0) is 12.8 Å². The summed E-state index contributed by atoms with van der Waals surface area (Å²) < 4.78 is 5.60. The Morgan fingerprint density at radius 2 is 2.25 bits per heavy atom. The third-order valence-corrected chi connectivity index (χ3v) is 5.67. The Hall–Kier alpha value is -2.58. The fourth-order valence-corrected chi connectivity index (χ4v) is 4.57. The Kier molecular flexibility index (Phi) is 3.62. The Labute approximate surface area is 143 Å². The van der Waals surface area contributed by atoms with Crippen molar-refractivity contribution in [2.75, 3.05) is 5.32 Å². The highest BCUT2D eigenvalue weighted by Gasteiger charge is 2.25. The van der Waals surface area contributed by atoms with Gasteiger partial charge in [0.25, 0.3) is 5.91 Å². The predicted molar refractivity (Wildman–Crippen MR) is 94.4 cm³/mol. The lowest BCUT2D eigenvalue weighted by molar-refractivity contribution is 0.0999. The van der Waals surface area contributed by atoms with Crippen LogP contribution in [0, 0.1) is 17.2 Å². The number of anilines is 1. The zero-order valence-corrected chi connectivity index (χ0v) is 14.1. The molecule has 1 N–H and O–H groups in total. The molecule has 4 rings (SSSR count). The molecule has 1 aromatic carbocycles. The van der Waals surface area contributed by atoms with Gasteiger partial charge < -0.3 is 9.73 Å². The molecule has 5 heteroatoms. The first kappa shape index (κ1) is 15.0. The summed E-state index contributed by atoms with van der Waals surface area (Å²) in [5, 5.41) is 13.9. The van der Waals surface area contributed by atoms with Crippen molar-refractivity contribution in [3.8, 4) is 6.07 Å². The Balaban J connectivity index is 1.65. The van der Waals surface area contributed by atoms with Gasteiger partial charge in [-0.25, -0.2) is 0 Å². The predicted octanol–water partition coefficient (Wildman–Crippen LogP) is 4.74. The van der Waals surface area contributed by atoms with E-state index in [-0.39, 0.29) is 11.7 Å². The van der Waals surface area contributed by atoms with E-state index in [2.05, 4.69) is 18.3 Å². The largest absolute Gasteiger partial charge is 0.451 e. The summed E-state index contributed by atoms with van der Waals surface area (Å²) >= 11 is 1.52. The minimum absolute atomic E-state index is 0.264. The second-order valence-electron chi connectivity index (χ2n) is 6.27. The van der Waals surface area contributed by atoms with Crippen molar-refractivity contribution in [3.63, 3.8) is 0 Å². The quantitative estimate of drug-likeness (QED) is 0.735. The number of hydrogen-bond donors (Lipinski definition) is 1. The molecule has 0 spiro atoms. The number of para-hydroxylation sites is 1. The summed E-state index contributed by atoms with van der Waals surface area (Å²) in [4.78, 5) is 13.7. The van der Waals surface area contributed by atoms with Crippen LogP contribution < -0.4 is 5.32 Å². The van der Waals surface area contributed by atoms with E-state index in [1.54, 1.807) is 6.07 Å². The van der Waals surface area contributed by atoms with E-state index >= 15 is 0 Å². The van der Waals surface area contributed by atoms with Crippen molar-refractivity contribution >= 4 is 33.2 Å². The molecule has 0 bridgehead atoms. The summed E-state index contributed by atoms with van der Waals surface area (Å²) in [5.74, 6) is 0.579. The van der Waals surface area contributed by atoms with Crippen LogP contribution in [0.5, 0.6) is 0 Å². The Morgan fingerprint density at radius 3 is 3.04 bits per heavy atom. The maximum absolute atomic E-state index is 12.5. The molecule has 3 aromatic rings. The molecule has 1 atom stereocenters. The topological polar surface area (TPSA) is 66.0 Å². The highest BCUT2D eigenvalue weighted by molar-refractivity contribution is 7.16. The lowest BCUT2D eigenvalue weighted by atomic mass is 9.89. The first-order valence-corrected chi connectivity index (χ1v) is 8.82. The molecule has 0 saturated carbocycles. The number of nitrogens with one attached hydrogen (secondary N) is 1. The van der Waals surface area contributed by atoms with Crippen molar-refractivity contribution in [2.45, 2.75) is 26.2 Å². The standard InChI is InChI=1S/C19H16N2O2S/c1-11-6-7-13-14(10-20)19(24-17(13)8-11)21-18(22)16-9-12-4-2-3-5-15(12)23-16/h2-5,9,11H,6-8H2,1H3,(H,21,22)/t11-/m1/s1. The van der Waals surface area contributed by atoms with Gasteiger partial charge in [0.05, 0.1) is 5.56 Å². The van der Waals surface area contributed by atoms with E-state index in [0.717, 1.165) is 30.2 Å². The molecule has 2 aromatic heterocycles. The molecule has 0 radical (unpaired) electrons. The molecule has 0 unspecified atom stereocenters. The molecular weight excluding hydrogens is 320 g/mol. The zero-order valence-electron chi connectivity index (χ0n) is 13.3. The molecule has 1 aliphatic rings. The molecule has 0 fully saturated rings. The van der Waals surface area contributed by atoms with Crippen LogP contribution in [0.1, 0.15) is 39.9 Å². The number of thiophene rings is 1. The summed E-state index contributed by atoms with van der Waals surface area (Å²) in [7, 11) is 0. The SMILES string of the molecule is C[C@@H]1CCc2c(sc(NC(=O)c3cc4ccccc4o3)c2C#N)C1. The van der Waals surface area contributed by atoms with Gasteiger partial charge in [-0.15, -0.1) is 11.3 Å². The maximum atomic E-state index is 12.5. The molecule has 0 aliphatic heterocycles. The maximum Gasteiger partial charge on any atom is 0.292 e. The van der Waals surface area contributed by atoms with Gasteiger partial charge in [-0.05, 0) is 42.9 Å². The Bertz CT molecular complexity index is 944. The molecule has 120 valence electrons. The number of fused-ring (bicyclic) bond motifs is 2. The number of furan rings is 1. The van der Waals surface area contributed by atoms with Crippen molar-refractivity contribution in [2.24, 2.45) is 5.92 Å². The van der Waals surface area contributed by atoms with Crippen LogP contribution >= 0.6 is 11.3 Å². The van der Waals surface area contributed by atoms with E-state index in [1.807, 2.05) is 24.3 Å². The number of rotatable bonds is 2. The van der Waals surface area contributed by atoms with Crippen LogP contribution in [0.25, 0.3) is 11.0 Å². The summed E-state index contributed by atoms with van der Waals surface area (Å²) in [6, 6.07) is 11.5. The van der Waals surface area contributed by atoms with Crippen LogP contribution in [-0.4, -0.2) is 5.91 Å². The lowest BCUT2D eigenvalue weighted by Gasteiger charge is -2.17. The number of benzene rings is 1. The normalized spacial score (nSPS) is 16.6. The van der Waals surface area contributed by atoms with Crippen LogP contribution in [0.2, 0.25) is 0 Å². The number of carbonyl (C=O) groups excluding carboxylic acids is 1. The van der Waals surface area contributed by atoms with Gasteiger partial charge in [0, 0.05) is 10.3 Å². The van der Waals surface area contributed by atoms with Gasteiger partial charge in [-0.3, -0.25) is 4.79 Å². The fourth-order valence-electron chi connectivity index (χ4n) is 3.22. The fraction of sp³-hybridized carbons (Fsp3) is 0.263. The average Bonchev–Trinajstić information content (AvgIpc) is 3.14. The zero-order chi connectivity index (χ0) is 16.7. The van der Waals surface area contributed by atoms with Gasteiger partial charge >= 0.3 is 0 Å². The monoisotopic (exact) mass is 336 g/mol. The molecular formula is C19H16N2O2S. The van der Waals surface area contributed by atoms with Crippen molar-refractivity contribution in [1.82, 2.24) is 0 Å². The first-order chi connectivity index (χ1) is 11.7. The van der Waals surface area contributed by atoms with Gasteiger partial charge in [-0.1, -0.05) is 25.1 Å². The van der Waals surface area contributed by atoms with Gasteiger partial charge in [0.2, 0.25) is 0 Å².